The highest BCUT2D eigenvalue weighted by atomic mass is 32.1. The molecular formula is C17H20N2O2S. The first-order valence-corrected chi connectivity index (χ1v) is 8.24. The van der Waals surface area contributed by atoms with E-state index in [2.05, 4.69) is 11.0 Å². The monoisotopic (exact) mass is 316 g/mol. The van der Waals surface area contributed by atoms with Gasteiger partial charge in [0.05, 0.1) is 12.0 Å². The van der Waals surface area contributed by atoms with E-state index in [1.54, 1.807) is 18.4 Å². The summed E-state index contributed by atoms with van der Waals surface area (Å²) in [6.45, 7) is 5.24. The topological polar surface area (TPSA) is 32.8 Å². The van der Waals surface area contributed by atoms with E-state index in [1.807, 2.05) is 42.2 Å². The van der Waals surface area contributed by atoms with Crippen LogP contribution in [0, 0.1) is 6.92 Å². The van der Waals surface area contributed by atoms with Crippen LogP contribution in [0.15, 0.2) is 36.4 Å². The van der Waals surface area contributed by atoms with Gasteiger partial charge in [-0.2, -0.15) is 0 Å². The lowest BCUT2D eigenvalue weighted by atomic mass is 10.2. The summed E-state index contributed by atoms with van der Waals surface area (Å²) in [4.78, 5) is 18.7. The van der Waals surface area contributed by atoms with Gasteiger partial charge in [-0.05, 0) is 31.2 Å². The zero-order valence-corrected chi connectivity index (χ0v) is 13.7. The Morgan fingerprint density at radius 3 is 2.55 bits per heavy atom. The molecule has 116 valence electrons. The molecule has 1 aromatic carbocycles. The van der Waals surface area contributed by atoms with E-state index in [0.29, 0.717) is 0 Å². The normalized spacial score (nSPS) is 15.0. The first-order valence-electron chi connectivity index (χ1n) is 7.42. The maximum absolute atomic E-state index is 12.5. The lowest BCUT2D eigenvalue weighted by Gasteiger charge is -2.36. The number of methoxy groups -OCH3 is 1. The van der Waals surface area contributed by atoms with Crippen molar-refractivity contribution in [3.63, 3.8) is 0 Å². The fourth-order valence-electron chi connectivity index (χ4n) is 2.68. The molecule has 5 heteroatoms. The van der Waals surface area contributed by atoms with Gasteiger partial charge >= 0.3 is 0 Å². The van der Waals surface area contributed by atoms with Crippen molar-refractivity contribution in [2.75, 3.05) is 38.2 Å². The summed E-state index contributed by atoms with van der Waals surface area (Å²) < 4.78 is 5.28. The summed E-state index contributed by atoms with van der Waals surface area (Å²) in [5, 5.41) is 0. The Hall–Kier alpha value is -2.01. The van der Waals surface area contributed by atoms with Crippen molar-refractivity contribution >= 4 is 22.9 Å². The van der Waals surface area contributed by atoms with Gasteiger partial charge in [0.2, 0.25) is 0 Å². The van der Waals surface area contributed by atoms with Gasteiger partial charge < -0.3 is 14.5 Å². The van der Waals surface area contributed by atoms with Crippen molar-refractivity contribution in [1.82, 2.24) is 4.90 Å². The SMILES string of the molecule is COc1cccc(N2CCN(C(=O)c3ccc(C)s3)CC2)c1. The van der Waals surface area contributed by atoms with Gasteiger partial charge in [-0.3, -0.25) is 4.79 Å². The van der Waals surface area contributed by atoms with Crippen molar-refractivity contribution in [3.8, 4) is 5.75 Å². The highest BCUT2D eigenvalue weighted by Gasteiger charge is 2.23. The van der Waals surface area contributed by atoms with Crippen LogP contribution in [-0.4, -0.2) is 44.1 Å². The van der Waals surface area contributed by atoms with E-state index < -0.39 is 0 Å². The Balaban J connectivity index is 1.63. The Bertz CT molecular complexity index is 660. The predicted octanol–water partition coefficient (Wildman–Crippen LogP) is 3.03. The summed E-state index contributed by atoms with van der Waals surface area (Å²) >= 11 is 1.57. The molecule has 0 spiro atoms. The molecule has 1 aliphatic heterocycles. The van der Waals surface area contributed by atoms with Gasteiger partial charge in [0.25, 0.3) is 5.91 Å². The molecule has 0 aliphatic carbocycles. The number of ether oxygens (including phenoxy) is 1. The van der Waals surface area contributed by atoms with Crippen LogP contribution in [0.1, 0.15) is 14.5 Å². The van der Waals surface area contributed by atoms with E-state index in [1.165, 1.54) is 4.88 Å². The largest absolute Gasteiger partial charge is 0.497 e. The van der Waals surface area contributed by atoms with Gasteiger partial charge in [-0.15, -0.1) is 11.3 Å². The van der Waals surface area contributed by atoms with Crippen LogP contribution in [0.2, 0.25) is 0 Å². The van der Waals surface area contributed by atoms with Crippen molar-refractivity contribution in [1.29, 1.82) is 0 Å². The van der Waals surface area contributed by atoms with Gasteiger partial charge in [0.15, 0.2) is 0 Å². The zero-order valence-electron chi connectivity index (χ0n) is 12.9. The number of carbonyl (C=O) groups is 1. The number of amides is 1. The first-order chi connectivity index (χ1) is 10.7. The third-order valence-electron chi connectivity index (χ3n) is 3.94. The van der Waals surface area contributed by atoms with Crippen LogP contribution in [0.5, 0.6) is 5.75 Å². The molecule has 0 saturated carbocycles. The zero-order chi connectivity index (χ0) is 15.5. The molecule has 1 aromatic heterocycles. The molecule has 1 saturated heterocycles. The second-order valence-electron chi connectivity index (χ2n) is 5.39. The third-order valence-corrected chi connectivity index (χ3v) is 4.93. The fourth-order valence-corrected chi connectivity index (χ4v) is 3.52. The molecule has 4 nitrogen and oxygen atoms in total. The quantitative estimate of drug-likeness (QED) is 0.872. The Morgan fingerprint density at radius 2 is 1.91 bits per heavy atom. The molecule has 0 bridgehead atoms. The average molecular weight is 316 g/mol. The van der Waals surface area contributed by atoms with Gasteiger partial charge in [0, 0.05) is 42.8 Å². The van der Waals surface area contributed by atoms with Crippen LogP contribution in [0.4, 0.5) is 5.69 Å². The lowest BCUT2D eigenvalue weighted by Crippen LogP contribution is -2.48. The summed E-state index contributed by atoms with van der Waals surface area (Å²) in [5.74, 6) is 1.02. The molecule has 1 amide bonds. The summed E-state index contributed by atoms with van der Waals surface area (Å²) in [5.41, 5.74) is 1.15. The van der Waals surface area contributed by atoms with Crippen molar-refractivity contribution < 1.29 is 9.53 Å². The minimum atomic E-state index is 0.156. The molecular weight excluding hydrogens is 296 g/mol. The van der Waals surface area contributed by atoms with E-state index in [0.717, 1.165) is 42.5 Å². The van der Waals surface area contributed by atoms with Crippen LogP contribution in [0.3, 0.4) is 0 Å². The van der Waals surface area contributed by atoms with Crippen LogP contribution in [-0.2, 0) is 0 Å². The van der Waals surface area contributed by atoms with Crippen LogP contribution < -0.4 is 9.64 Å². The number of hydrogen-bond donors (Lipinski definition) is 0. The maximum atomic E-state index is 12.5. The van der Waals surface area contributed by atoms with Gasteiger partial charge in [-0.1, -0.05) is 6.07 Å². The molecule has 0 radical (unpaired) electrons. The smallest absolute Gasteiger partial charge is 0.264 e. The molecule has 22 heavy (non-hydrogen) atoms. The molecule has 0 unspecified atom stereocenters. The summed E-state index contributed by atoms with van der Waals surface area (Å²) in [7, 11) is 1.68. The minimum absolute atomic E-state index is 0.156. The maximum Gasteiger partial charge on any atom is 0.264 e. The number of hydrogen-bond acceptors (Lipinski definition) is 4. The van der Waals surface area contributed by atoms with Gasteiger partial charge in [0.1, 0.15) is 5.75 Å². The molecule has 0 atom stereocenters. The summed E-state index contributed by atoms with van der Waals surface area (Å²) in [6.07, 6.45) is 0. The number of benzene rings is 1. The second-order valence-corrected chi connectivity index (χ2v) is 6.68. The van der Waals surface area contributed by atoms with Crippen LogP contribution >= 0.6 is 11.3 Å². The van der Waals surface area contributed by atoms with Crippen LogP contribution in [0.25, 0.3) is 0 Å². The number of nitrogens with zero attached hydrogens (tertiary/aromatic N) is 2. The number of piperazine rings is 1. The minimum Gasteiger partial charge on any atom is -0.497 e. The Kier molecular flexibility index (Phi) is 4.34. The first kappa shape index (κ1) is 14.9. The van der Waals surface area contributed by atoms with Gasteiger partial charge in [-0.25, -0.2) is 0 Å². The van der Waals surface area contributed by atoms with Crippen molar-refractivity contribution in [2.24, 2.45) is 0 Å². The van der Waals surface area contributed by atoms with E-state index in [9.17, 15) is 4.79 Å². The number of thiophene rings is 1. The lowest BCUT2D eigenvalue weighted by molar-refractivity contribution is 0.0751. The standard InChI is InChI=1S/C17H20N2O2S/c1-13-6-7-16(22-13)17(20)19-10-8-18(9-11-19)14-4-3-5-15(12-14)21-2/h3-7,12H,8-11H2,1-2H3. The molecule has 1 fully saturated rings. The highest BCUT2D eigenvalue weighted by Crippen LogP contribution is 2.23. The Labute approximate surface area is 134 Å². The number of carbonyl (C=O) groups excluding carboxylic acids is 1. The number of rotatable bonds is 3. The van der Waals surface area contributed by atoms with E-state index >= 15 is 0 Å². The highest BCUT2D eigenvalue weighted by molar-refractivity contribution is 7.13. The number of anilines is 1. The molecule has 0 N–H and O–H groups in total. The average Bonchev–Trinajstić information content (AvgIpc) is 3.01. The van der Waals surface area contributed by atoms with E-state index in [-0.39, 0.29) is 5.91 Å². The fraction of sp³-hybridized carbons (Fsp3) is 0.353. The van der Waals surface area contributed by atoms with Crippen molar-refractivity contribution in [2.45, 2.75) is 6.92 Å². The third kappa shape index (κ3) is 3.09. The Morgan fingerprint density at radius 1 is 1.14 bits per heavy atom. The second kappa shape index (κ2) is 6.40. The van der Waals surface area contributed by atoms with E-state index in [4.69, 9.17) is 4.74 Å². The molecule has 3 rings (SSSR count). The predicted molar refractivity (Wildman–Crippen MR) is 90.2 cm³/mol. The molecule has 2 aromatic rings. The number of aryl methyl sites for hydroxylation is 1. The summed E-state index contributed by atoms with van der Waals surface area (Å²) in [6, 6.07) is 12.0. The molecule has 1 aliphatic rings. The van der Waals surface area contributed by atoms with Crippen molar-refractivity contribution in [3.05, 3.63) is 46.2 Å². The molecule has 2 heterocycles.